The van der Waals surface area contributed by atoms with Crippen molar-refractivity contribution in [3.8, 4) is 0 Å². The van der Waals surface area contributed by atoms with E-state index in [-0.39, 0.29) is 30.0 Å². The third kappa shape index (κ3) is 3.86. The fraction of sp³-hybridized carbons (Fsp3) is 0.500. The van der Waals surface area contributed by atoms with Crippen molar-refractivity contribution in [3.63, 3.8) is 0 Å². The molecular weight excluding hydrogens is 438 g/mol. The van der Waals surface area contributed by atoms with Crippen LogP contribution in [0.15, 0.2) is 36.4 Å². The minimum absolute atomic E-state index is 0.156. The molecule has 0 radical (unpaired) electrons. The van der Waals surface area contributed by atoms with E-state index in [1.165, 1.54) is 15.6 Å². The van der Waals surface area contributed by atoms with Crippen LogP contribution in [0.3, 0.4) is 0 Å². The van der Waals surface area contributed by atoms with Gasteiger partial charge in [0.2, 0.25) is 5.91 Å². The molecule has 3 amide bonds. The van der Waals surface area contributed by atoms with Crippen LogP contribution >= 0.6 is 0 Å². The lowest BCUT2D eigenvalue weighted by Gasteiger charge is -2.40. The highest BCUT2D eigenvalue weighted by Gasteiger charge is 2.47. The number of benzene rings is 1. The number of likely N-dealkylation sites (tertiary alicyclic amines) is 1. The molecule has 4 heterocycles. The normalized spacial score (nSPS) is 23.8. The number of nitrogens with zero attached hydrogens (tertiary/aromatic N) is 4. The molecule has 10 heteroatoms. The summed E-state index contributed by atoms with van der Waals surface area (Å²) in [4.78, 5) is 42.5. The van der Waals surface area contributed by atoms with Crippen molar-refractivity contribution in [2.24, 2.45) is 0 Å². The molecular formula is C24H29N5O5. The average Bonchev–Trinajstić information content (AvgIpc) is 3.49. The summed E-state index contributed by atoms with van der Waals surface area (Å²) in [6.07, 6.45) is 1.21. The van der Waals surface area contributed by atoms with Crippen molar-refractivity contribution in [2.45, 2.75) is 44.2 Å². The molecule has 1 aromatic heterocycles. The smallest absolute Gasteiger partial charge is 0.274 e. The number of amides is 3. The Kier molecular flexibility index (Phi) is 5.65. The zero-order valence-corrected chi connectivity index (χ0v) is 19.5. The number of nitrogens with one attached hydrogen (secondary N) is 1. The van der Waals surface area contributed by atoms with Gasteiger partial charge >= 0.3 is 0 Å². The van der Waals surface area contributed by atoms with Crippen LogP contribution in [0, 0.1) is 0 Å². The van der Waals surface area contributed by atoms with Crippen molar-refractivity contribution in [3.05, 3.63) is 53.3 Å². The molecule has 180 valence electrons. The van der Waals surface area contributed by atoms with E-state index in [9.17, 15) is 14.4 Å². The first-order valence-corrected chi connectivity index (χ1v) is 11.6. The predicted octanol–water partition coefficient (Wildman–Crippen LogP) is 1.02. The Balaban J connectivity index is 1.29. The zero-order valence-electron chi connectivity index (χ0n) is 19.5. The predicted molar refractivity (Wildman–Crippen MR) is 121 cm³/mol. The molecule has 0 bridgehead atoms. The van der Waals surface area contributed by atoms with Gasteiger partial charge in [-0.1, -0.05) is 30.3 Å². The van der Waals surface area contributed by atoms with Crippen LogP contribution in [0.1, 0.15) is 46.3 Å². The number of piperidine rings is 1. The van der Waals surface area contributed by atoms with E-state index in [1.807, 2.05) is 30.3 Å². The van der Waals surface area contributed by atoms with Gasteiger partial charge in [-0.2, -0.15) is 5.10 Å². The summed E-state index contributed by atoms with van der Waals surface area (Å²) in [5.41, 5.74) is 0.332. The molecule has 10 nitrogen and oxygen atoms in total. The molecule has 2 saturated heterocycles. The summed E-state index contributed by atoms with van der Waals surface area (Å²) in [5, 5.41) is 7.35. The van der Waals surface area contributed by atoms with Gasteiger partial charge < -0.3 is 24.6 Å². The zero-order chi connectivity index (χ0) is 23.9. The van der Waals surface area contributed by atoms with E-state index < -0.39 is 11.3 Å². The summed E-state index contributed by atoms with van der Waals surface area (Å²) in [6.45, 7) is 4.37. The second kappa shape index (κ2) is 8.52. The van der Waals surface area contributed by atoms with Gasteiger partial charge in [-0.05, 0) is 12.5 Å². The molecule has 3 aliphatic heterocycles. The van der Waals surface area contributed by atoms with Crippen LogP contribution < -0.4 is 5.32 Å². The standard InChI is InChI=1S/C24H29N5O5/c1-23(22(32)25-15-17-6-4-3-5-7-17)16-29-19(21(31)27(23)2)14-18(26-29)20(30)28-10-8-24(9-11-28)33-12-13-34-24/h3-7,14H,8-13,15-16H2,1-2H3,(H,25,32). The maximum atomic E-state index is 13.1. The summed E-state index contributed by atoms with van der Waals surface area (Å²) in [5.74, 6) is -1.43. The highest BCUT2D eigenvalue weighted by Crippen LogP contribution is 2.32. The maximum absolute atomic E-state index is 13.1. The minimum Gasteiger partial charge on any atom is -0.350 e. The van der Waals surface area contributed by atoms with Crippen molar-refractivity contribution in [1.29, 1.82) is 0 Å². The van der Waals surface area contributed by atoms with E-state index in [2.05, 4.69) is 10.4 Å². The highest BCUT2D eigenvalue weighted by molar-refractivity contribution is 6.01. The quantitative estimate of drug-likeness (QED) is 0.720. The molecule has 5 rings (SSSR count). The van der Waals surface area contributed by atoms with Gasteiger partial charge in [-0.25, -0.2) is 0 Å². The molecule has 34 heavy (non-hydrogen) atoms. The fourth-order valence-corrected chi connectivity index (χ4v) is 4.80. The maximum Gasteiger partial charge on any atom is 0.274 e. The van der Waals surface area contributed by atoms with Crippen molar-refractivity contribution in [2.75, 3.05) is 33.4 Å². The first-order chi connectivity index (χ1) is 16.3. The molecule has 1 unspecified atom stereocenters. The van der Waals surface area contributed by atoms with E-state index >= 15 is 0 Å². The van der Waals surface area contributed by atoms with Crippen molar-refractivity contribution < 1.29 is 23.9 Å². The molecule has 3 aliphatic rings. The SMILES string of the molecule is CN1C(=O)c2cc(C(=O)N3CCC4(CC3)OCCO4)nn2CC1(C)C(=O)NCc1ccccc1. The monoisotopic (exact) mass is 467 g/mol. The van der Waals surface area contributed by atoms with E-state index in [4.69, 9.17) is 9.47 Å². The molecule has 2 fully saturated rings. The van der Waals surface area contributed by atoms with Crippen molar-refractivity contribution >= 4 is 17.7 Å². The minimum atomic E-state index is -1.14. The lowest BCUT2D eigenvalue weighted by Crippen LogP contribution is -2.62. The second-order valence-electron chi connectivity index (χ2n) is 9.28. The molecule has 1 N–H and O–H groups in total. The molecule has 0 aliphatic carbocycles. The van der Waals surface area contributed by atoms with Crippen molar-refractivity contribution in [1.82, 2.24) is 24.9 Å². The molecule has 1 atom stereocenters. The number of fused-ring (bicyclic) bond motifs is 1. The summed E-state index contributed by atoms with van der Waals surface area (Å²) in [7, 11) is 1.61. The van der Waals surface area contributed by atoms with Crippen LogP contribution in [-0.2, 0) is 27.4 Å². The lowest BCUT2D eigenvalue weighted by atomic mass is 9.96. The summed E-state index contributed by atoms with van der Waals surface area (Å²) >= 11 is 0. The van der Waals surface area contributed by atoms with Gasteiger partial charge in [0.25, 0.3) is 11.8 Å². The molecule has 0 saturated carbocycles. The largest absolute Gasteiger partial charge is 0.350 e. The van der Waals surface area contributed by atoms with E-state index in [0.29, 0.717) is 51.4 Å². The van der Waals surface area contributed by atoms with Crippen LogP contribution in [0.25, 0.3) is 0 Å². The fourth-order valence-electron chi connectivity index (χ4n) is 4.80. The molecule has 1 spiro atoms. The Bertz CT molecular complexity index is 1100. The number of carbonyl (C=O) groups is 3. The average molecular weight is 468 g/mol. The molecule has 2 aromatic rings. The highest BCUT2D eigenvalue weighted by atomic mass is 16.7. The second-order valence-corrected chi connectivity index (χ2v) is 9.28. The number of rotatable bonds is 4. The number of carbonyl (C=O) groups excluding carboxylic acids is 3. The Morgan fingerprint density at radius 2 is 1.79 bits per heavy atom. The van der Waals surface area contributed by atoms with Gasteiger partial charge in [-0.3, -0.25) is 19.1 Å². The van der Waals surface area contributed by atoms with Crippen LogP contribution in [0.4, 0.5) is 0 Å². The number of ether oxygens (including phenoxy) is 2. The van der Waals surface area contributed by atoms with E-state index in [0.717, 1.165) is 5.56 Å². The van der Waals surface area contributed by atoms with Gasteiger partial charge in [-0.15, -0.1) is 0 Å². The number of hydrogen-bond donors (Lipinski definition) is 1. The number of aromatic nitrogens is 2. The lowest BCUT2D eigenvalue weighted by molar-refractivity contribution is -0.181. The first-order valence-electron chi connectivity index (χ1n) is 11.6. The Hall–Kier alpha value is -3.24. The molecule has 1 aromatic carbocycles. The number of likely N-dealkylation sites (N-methyl/N-ethyl adjacent to an activating group) is 1. The third-order valence-corrected chi connectivity index (χ3v) is 7.13. The van der Waals surface area contributed by atoms with Crippen LogP contribution in [0.5, 0.6) is 0 Å². The number of hydrogen-bond acceptors (Lipinski definition) is 6. The van der Waals surface area contributed by atoms with E-state index in [1.54, 1.807) is 18.9 Å². The van der Waals surface area contributed by atoms with Gasteiger partial charge in [0.1, 0.15) is 11.2 Å². The Labute approximate surface area is 197 Å². The van der Waals surface area contributed by atoms with Crippen LogP contribution in [0.2, 0.25) is 0 Å². The topological polar surface area (TPSA) is 106 Å². The Morgan fingerprint density at radius 3 is 2.47 bits per heavy atom. The summed E-state index contributed by atoms with van der Waals surface area (Å²) in [6, 6.07) is 11.1. The van der Waals surface area contributed by atoms with Gasteiger partial charge in [0, 0.05) is 45.6 Å². The van der Waals surface area contributed by atoms with Gasteiger partial charge in [0.05, 0.1) is 19.8 Å². The summed E-state index contributed by atoms with van der Waals surface area (Å²) < 4.78 is 12.9. The third-order valence-electron chi connectivity index (χ3n) is 7.13. The Morgan fingerprint density at radius 1 is 1.12 bits per heavy atom. The van der Waals surface area contributed by atoms with Gasteiger partial charge in [0.15, 0.2) is 11.5 Å². The first kappa shape index (κ1) is 22.5. The van der Waals surface area contributed by atoms with Crippen LogP contribution in [-0.4, -0.2) is 82.0 Å².